The topological polar surface area (TPSA) is 35.2 Å². The molecule has 2 rings (SSSR count). The normalized spacial score (nSPS) is 37.2. The van der Waals surface area contributed by atoms with Crippen molar-refractivity contribution < 1.29 is 9.13 Å². The Morgan fingerprint density at radius 1 is 1.59 bits per heavy atom. The van der Waals surface area contributed by atoms with Crippen LogP contribution in [0.4, 0.5) is 4.39 Å². The van der Waals surface area contributed by atoms with Crippen LogP contribution in [0.5, 0.6) is 0 Å². The minimum atomic E-state index is -1.17. The van der Waals surface area contributed by atoms with E-state index in [1.54, 1.807) is 0 Å². The van der Waals surface area contributed by atoms with Gasteiger partial charge in [0.1, 0.15) is 5.67 Å². The van der Waals surface area contributed by atoms with Crippen molar-refractivity contribution >= 4 is 11.8 Å². The quantitative estimate of drug-likeness (QED) is 0.845. The van der Waals surface area contributed by atoms with Gasteiger partial charge in [0.2, 0.25) is 0 Å². The molecule has 100 valence electrons. The lowest BCUT2D eigenvalue weighted by atomic mass is 9.74. The smallest absolute Gasteiger partial charge is 0.126 e. The molecular formula is C13H24FNOS. The summed E-state index contributed by atoms with van der Waals surface area (Å²) in [5.74, 6) is 2.29. The zero-order valence-corrected chi connectivity index (χ0v) is 11.5. The highest BCUT2D eigenvalue weighted by Crippen LogP contribution is 2.45. The van der Waals surface area contributed by atoms with Gasteiger partial charge in [0.15, 0.2) is 0 Å². The second kappa shape index (κ2) is 5.45. The molecule has 0 aromatic rings. The number of nitrogens with two attached hydrogens (primary N) is 1. The number of rotatable bonds is 4. The van der Waals surface area contributed by atoms with Crippen LogP contribution < -0.4 is 5.73 Å². The number of thioether (sulfide) groups is 1. The Morgan fingerprint density at radius 2 is 2.41 bits per heavy atom. The van der Waals surface area contributed by atoms with Crippen LogP contribution in [0.25, 0.3) is 0 Å². The molecular weight excluding hydrogens is 237 g/mol. The molecule has 2 N–H and O–H groups in total. The first-order valence-corrected chi connectivity index (χ1v) is 7.90. The maximum Gasteiger partial charge on any atom is 0.126 e. The summed E-state index contributed by atoms with van der Waals surface area (Å²) in [4.78, 5) is 0. The van der Waals surface area contributed by atoms with Gasteiger partial charge in [-0.2, -0.15) is 11.8 Å². The van der Waals surface area contributed by atoms with Gasteiger partial charge in [0, 0.05) is 18.9 Å². The molecule has 4 heteroatoms. The van der Waals surface area contributed by atoms with Crippen LogP contribution in [0.1, 0.15) is 39.0 Å². The fraction of sp³-hybridized carbons (Fsp3) is 1.00. The predicted molar refractivity (Wildman–Crippen MR) is 71.2 cm³/mol. The van der Waals surface area contributed by atoms with Crippen LogP contribution in [0, 0.1) is 5.92 Å². The standard InChI is InChI=1S/C13H24FNOS/c1-2-4-13(14,9-15)11-3-6-16-12(8-11)5-7-17-10-12/h11H,2-10,15H2,1H3. The first-order chi connectivity index (χ1) is 8.14. The fourth-order valence-electron chi connectivity index (χ4n) is 3.22. The summed E-state index contributed by atoms with van der Waals surface area (Å²) < 4.78 is 20.8. The van der Waals surface area contributed by atoms with Gasteiger partial charge in [-0.3, -0.25) is 0 Å². The third-order valence-electron chi connectivity index (χ3n) is 4.30. The van der Waals surface area contributed by atoms with Gasteiger partial charge in [0.25, 0.3) is 0 Å². The second-order valence-corrected chi connectivity index (χ2v) is 6.62. The molecule has 0 aliphatic carbocycles. The molecule has 2 aliphatic rings. The lowest BCUT2D eigenvalue weighted by Gasteiger charge is -2.43. The summed E-state index contributed by atoms with van der Waals surface area (Å²) in [6, 6.07) is 0. The maximum atomic E-state index is 14.9. The molecule has 2 heterocycles. The van der Waals surface area contributed by atoms with Crippen molar-refractivity contribution in [3.8, 4) is 0 Å². The van der Waals surface area contributed by atoms with E-state index in [1.165, 1.54) is 0 Å². The number of hydrogen-bond donors (Lipinski definition) is 1. The summed E-state index contributed by atoms with van der Waals surface area (Å²) in [6.45, 7) is 2.90. The predicted octanol–water partition coefficient (Wildman–Crippen LogP) is 2.76. The third kappa shape index (κ3) is 2.79. The van der Waals surface area contributed by atoms with Crippen molar-refractivity contribution in [3.05, 3.63) is 0 Å². The van der Waals surface area contributed by atoms with Gasteiger partial charge in [0.05, 0.1) is 5.60 Å². The molecule has 0 bridgehead atoms. The van der Waals surface area contributed by atoms with E-state index in [-0.39, 0.29) is 18.1 Å². The molecule has 0 saturated carbocycles. The summed E-state index contributed by atoms with van der Waals surface area (Å²) in [5.41, 5.74) is 4.49. The van der Waals surface area contributed by atoms with Crippen molar-refractivity contribution in [1.29, 1.82) is 0 Å². The molecule has 2 fully saturated rings. The number of halogens is 1. The zero-order valence-electron chi connectivity index (χ0n) is 10.7. The molecule has 0 aromatic heterocycles. The number of alkyl halides is 1. The SMILES string of the molecule is CCCC(F)(CN)C1CCOC2(CCSC2)C1. The summed E-state index contributed by atoms with van der Waals surface area (Å²) in [5, 5.41) is 0. The van der Waals surface area contributed by atoms with Crippen molar-refractivity contribution in [2.75, 3.05) is 24.7 Å². The average molecular weight is 261 g/mol. The average Bonchev–Trinajstić information content (AvgIpc) is 2.77. The van der Waals surface area contributed by atoms with Crippen LogP contribution in [-0.2, 0) is 4.74 Å². The second-order valence-electron chi connectivity index (χ2n) is 5.51. The number of hydrogen-bond acceptors (Lipinski definition) is 3. The van der Waals surface area contributed by atoms with E-state index in [0.29, 0.717) is 13.0 Å². The zero-order chi connectivity index (χ0) is 12.4. The first kappa shape index (κ1) is 13.6. The molecule has 2 saturated heterocycles. The summed E-state index contributed by atoms with van der Waals surface area (Å²) >= 11 is 1.93. The van der Waals surface area contributed by atoms with Crippen LogP contribution in [0.15, 0.2) is 0 Å². The van der Waals surface area contributed by atoms with E-state index in [1.807, 2.05) is 18.7 Å². The van der Waals surface area contributed by atoms with Crippen molar-refractivity contribution in [3.63, 3.8) is 0 Å². The Hall–Kier alpha value is 0.200. The summed E-state index contributed by atoms with van der Waals surface area (Å²) in [6.07, 6.45) is 4.25. The monoisotopic (exact) mass is 261 g/mol. The highest BCUT2D eigenvalue weighted by molar-refractivity contribution is 7.99. The van der Waals surface area contributed by atoms with Crippen molar-refractivity contribution in [1.82, 2.24) is 0 Å². The highest BCUT2D eigenvalue weighted by atomic mass is 32.2. The van der Waals surface area contributed by atoms with E-state index in [2.05, 4.69) is 0 Å². The minimum absolute atomic E-state index is 0.0339. The van der Waals surface area contributed by atoms with Gasteiger partial charge < -0.3 is 10.5 Å². The molecule has 2 nitrogen and oxygen atoms in total. The lowest BCUT2D eigenvalue weighted by molar-refractivity contribution is -0.110. The van der Waals surface area contributed by atoms with Crippen LogP contribution in [0.2, 0.25) is 0 Å². The van der Waals surface area contributed by atoms with Gasteiger partial charge >= 0.3 is 0 Å². The Labute approximate surface area is 108 Å². The molecule has 3 atom stereocenters. The molecule has 2 aliphatic heterocycles. The Balaban J connectivity index is 2.05. The van der Waals surface area contributed by atoms with E-state index >= 15 is 0 Å². The summed E-state index contributed by atoms with van der Waals surface area (Å²) in [7, 11) is 0. The Kier molecular flexibility index (Phi) is 4.37. The maximum absolute atomic E-state index is 14.9. The van der Waals surface area contributed by atoms with Gasteiger partial charge in [-0.05, 0) is 37.4 Å². The molecule has 1 spiro atoms. The van der Waals surface area contributed by atoms with E-state index < -0.39 is 5.67 Å². The van der Waals surface area contributed by atoms with Gasteiger partial charge in [-0.1, -0.05) is 13.3 Å². The molecule has 17 heavy (non-hydrogen) atoms. The Morgan fingerprint density at radius 3 is 3.00 bits per heavy atom. The number of ether oxygens (including phenoxy) is 1. The van der Waals surface area contributed by atoms with Gasteiger partial charge in [-0.25, -0.2) is 4.39 Å². The largest absolute Gasteiger partial charge is 0.374 e. The van der Waals surface area contributed by atoms with E-state index in [9.17, 15) is 4.39 Å². The highest BCUT2D eigenvalue weighted by Gasteiger charge is 2.47. The van der Waals surface area contributed by atoms with E-state index in [4.69, 9.17) is 10.5 Å². The molecule has 3 unspecified atom stereocenters. The lowest BCUT2D eigenvalue weighted by Crippen LogP contribution is -2.49. The van der Waals surface area contributed by atoms with Crippen molar-refractivity contribution in [2.45, 2.75) is 50.3 Å². The van der Waals surface area contributed by atoms with Gasteiger partial charge in [-0.15, -0.1) is 0 Å². The minimum Gasteiger partial charge on any atom is -0.374 e. The third-order valence-corrected chi connectivity index (χ3v) is 5.52. The van der Waals surface area contributed by atoms with Crippen LogP contribution in [-0.4, -0.2) is 35.9 Å². The molecule has 0 radical (unpaired) electrons. The van der Waals surface area contributed by atoms with Crippen LogP contribution >= 0.6 is 11.8 Å². The Bertz CT molecular complexity index is 258. The van der Waals surface area contributed by atoms with Crippen molar-refractivity contribution in [2.24, 2.45) is 11.7 Å². The van der Waals surface area contributed by atoms with Crippen LogP contribution in [0.3, 0.4) is 0 Å². The van der Waals surface area contributed by atoms with E-state index in [0.717, 1.165) is 37.2 Å². The fourth-order valence-corrected chi connectivity index (χ4v) is 4.60. The molecule has 0 aromatic carbocycles. The first-order valence-electron chi connectivity index (χ1n) is 6.75. The molecule has 0 amide bonds.